The number of hydrogen-bond acceptors (Lipinski definition) is 6. The topological polar surface area (TPSA) is 115 Å². The molecule has 10 heteroatoms. The third-order valence-corrected chi connectivity index (χ3v) is 8.51. The highest BCUT2D eigenvalue weighted by molar-refractivity contribution is 7.77. The molecule has 0 aliphatic heterocycles. The number of aromatic amines is 1. The molecule has 0 spiro atoms. The Morgan fingerprint density at radius 1 is 1.17 bits per heavy atom. The van der Waals surface area contributed by atoms with Crippen molar-refractivity contribution in [1.82, 2.24) is 19.7 Å². The van der Waals surface area contributed by atoms with Gasteiger partial charge in [0.25, 0.3) is 0 Å². The van der Waals surface area contributed by atoms with Gasteiger partial charge in [-0.05, 0) is 68.2 Å². The van der Waals surface area contributed by atoms with Gasteiger partial charge in [-0.15, -0.1) is 0 Å². The molecule has 3 aromatic rings. The van der Waals surface area contributed by atoms with Gasteiger partial charge in [0.15, 0.2) is 0 Å². The lowest BCUT2D eigenvalue weighted by atomic mass is 9.67. The van der Waals surface area contributed by atoms with E-state index in [0.29, 0.717) is 16.8 Å². The minimum atomic E-state index is -2.23. The molecule has 1 unspecified atom stereocenters. The fraction of sp³-hybridized carbons (Fsp3) is 0.520. The number of H-pyrrole nitrogens is 1. The second kappa shape index (κ2) is 10.4. The molecule has 0 radical (unpaired) electrons. The lowest BCUT2D eigenvalue weighted by molar-refractivity contribution is 0.132. The summed E-state index contributed by atoms with van der Waals surface area (Å²) in [4.78, 5) is 12.2. The zero-order valence-corrected chi connectivity index (χ0v) is 21.4. The third-order valence-electron chi connectivity index (χ3n) is 7.74. The number of ether oxygens (including phenoxy) is 1. The van der Waals surface area contributed by atoms with Gasteiger partial charge in [-0.1, -0.05) is 30.9 Å². The lowest BCUT2D eigenvalue weighted by Gasteiger charge is -2.47. The summed E-state index contributed by atoms with van der Waals surface area (Å²) in [6, 6.07) is 6.10. The Bertz CT molecular complexity index is 1210. The average molecular weight is 517 g/mol. The van der Waals surface area contributed by atoms with Crippen LogP contribution >= 0.6 is 11.6 Å². The van der Waals surface area contributed by atoms with Crippen LogP contribution < -0.4 is 14.8 Å². The van der Waals surface area contributed by atoms with Crippen LogP contribution in [-0.4, -0.2) is 42.4 Å². The van der Waals surface area contributed by atoms with E-state index < -0.39 is 11.3 Å². The molecule has 2 aliphatic rings. The molecule has 0 bridgehead atoms. The number of nitrogens with one attached hydrogen (secondary N) is 3. The summed E-state index contributed by atoms with van der Waals surface area (Å²) in [6.45, 7) is 0. The first-order chi connectivity index (χ1) is 17.0. The van der Waals surface area contributed by atoms with Crippen molar-refractivity contribution in [3.8, 4) is 16.9 Å². The van der Waals surface area contributed by atoms with Gasteiger partial charge in [-0.2, -0.15) is 0 Å². The smallest absolute Gasteiger partial charge is 0.138 e. The fourth-order valence-corrected chi connectivity index (χ4v) is 6.91. The van der Waals surface area contributed by atoms with Crippen LogP contribution in [0.4, 0.5) is 5.82 Å². The van der Waals surface area contributed by atoms with Crippen molar-refractivity contribution in [1.29, 1.82) is 0 Å². The van der Waals surface area contributed by atoms with Crippen molar-refractivity contribution < 1.29 is 13.5 Å². The molecule has 35 heavy (non-hydrogen) atoms. The molecule has 2 fully saturated rings. The van der Waals surface area contributed by atoms with E-state index in [9.17, 15) is 8.76 Å². The van der Waals surface area contributed by atoms with Crippen molar-refractivity contribution in [2.75, 3.05) is 12.4 Å². The van der Waals surface area contributed by atoms with E-state index in [1.165, 1.54) is 6.42 Å². The minimum absolute atomic E-state index is 0.271. The maximum Gasteiger partial charge on any atom is 0.138 e. The second-order valence-electron chi connectivity index (χ2n) is 9.78. The van der Waals surface area contributed by atoms with Crippen LogP contribution in [0.25, 0.3) is 22.2 Å². The van der Waals surface area contributed by atoms with E-state index in [1.807, 2.05) is 24.4 Å². The van der Waals surface area contributed by atoms with Gasteiger partial charge in [0.2, 0.25) is 0 Å². The van der Waals surface area contributed by atoms with Crippen LogP contribution in [0.2, 0.25) is 5.15 Å². The Morgan fingerprint density at radius 3 is 2.66 bits per heavy atom. The van der Waals surface area contributed by atoms with Gasteiger partial charge in [-0.25, -0.2) is 14.7 Å². The highest BCUT2D eigenvalue weighted by Crippen LogP contribution is 2.42. The quantitative estimate of drug-likeness (QED) is 0.288. The van der Waals surface area contributed by atoms with E-state index in [1.54, 1.807) is 13.3 Å². The number of nitrogens with zero attached hydrogens (tertiary/aromatic N) is 2. The Labute approximate surface area is 213 Å². The van der Waals surface area contributed by atoms with E-state index in [-0.39, 0.29) is 11.6 Å². The predicted molar refractivity (Wildman–Crippen MR) is 138 cm³/mol. The summed E-state index contributed by atoms with van der Waals surface area (Å²) in [5.74, 6) is 1.81. The van der Waals surface area contributed by atoms with Crippen LogP contribution in [0.5, 0.6) is 5.75 Å². The molecule has 0 aromatic carbocycles. The monoisotopic (exact) mass is 516 g/mol. The summed E-state index contributed by atoms with van der Waals surface area (Å²) in [5, 5.41) is 4.96. The number of anilines is 1. The molecule has 1 atom stereocenters. The first kappa shape index (κ1) is 24.5. The molecular formula is C25H31ClN5O3S-. The number of hydrogen-bond donors (Lipinski definition) is 3. The number of aromatic nitrogens is 3. The first-order valence-electron chi connectivity index (χ1n) is 12.3. The van der Waals surface area contributed by atoms with Gasteiger partial charge in [0.05, 0.1) is 13.3 Å². The molecule has 8 nitrogen and oxygen atoms in total. The molecule has 188 valence electrons. The van der Waals surface area contributed by atoms with Crippen molar-refractivity contribution in [2.24, 2.45) is 5.92 Å². The number of rotatable bonds is 7. The second-order valence-corrected chi connectivity index (χ2v) is 10.8. The van der Waals surface area contributed by atoms with E-state index >= 15 is 0 Å². The normalized spacial score (nSPS) is 23.2. The molecule has 2 aliphatic carbocycles. The SMILES string of the molecule is COc1cnc2[nH]cc(-c3cc(Cl)nc(NC4CCC(C5(NS(=O)[O-])CCCCC5)CC4)c3)c2c1. The van der Waals surface area contributed by atoms with Crippen molar-refractivity contribution in [3.05, 3.63) is 35.7 Å². The van der Waals surface area contributed by atoms with Gasteiger partial charge < -0.3 is 19.6 Å². The molecular weight excluding hydrogens is 486 g/mol. The van der Waals surface area contributed by atoms with Crippen LogP contribution in [0.3, 0.4) is 0 Å². The third kappa shape index (κ3) is 5.33. The van der Waals surface area contributed by atoms with Crippen molar-refractivity contribution in [3.63, 3.8) is 0 Å². The van der Waals surface area contributed by atoms with Gasteiger partial charge in [-0.3, -0.25) is 4.21 Å². The lowest BCUT2D eigenvalue weighted by Crippen LogP contribution is -2.54. The molecule has 3 heterocycles. The average Bonchev–Trinajstić information content (AvgIpc) is 3.27. The zero-order chi connectivity index (χ0) is 24.4. The standard InChI is InChI=1S/C25H32ClN5O3S/c1-34-19-13-20-21(15-28-24(20)27-14-19)16-11-22(26)30-23(12-16)29-18-7-5-17(6-8-18)25(31-35(32)33)9-3-2-4-10-25/h11-15,17-18,31H,2-10H2,1H3,(H,27,28)(H,29,30)(H,32,33)/p-1. The minimum Gasteiger partial charge on any atom is -0.760 e. The fourth-order valence-electron chi connectivity index (χ4n) is 6.00. The van der Waals surface area contributed by atoms with Gasteiger partial charge >= 0.3 is 0 Å². The maximum atomic E-state index is 11.5. The molecule has 3 N–H and O–H groups in total. The van der Waals surface area contributed by atoms with E-state index in [4.69, 9.17) is 16.3 Å². The van der Waals surface area contributed by atoms with Crippen molar-refractivity contribution in [2.45, 2.75) is 69.4 Å². The van der Waals surface area contributed by atoms with Gasteiger partial charge in [0, 0.05) is 40.0 Å². The van der Waals surface area contributed by atoms with Crippen LogP contribution in [-0.2, 0) is 11.3 Å². The largest absolute Gasteiger partial charge is 0.760 e. The highest BCUT2D eigenvalue weighted by atomic mass is 35.5. The Kier molecular flexibility index (Phi) is 7.29. The summed E-state index contributed by atoms with van der Waals surface area (Å²) >= 11 is 4.19. The number of pyridine rings is 2. The van der Waals surface area contributed by atoms with Crippen LogP contribution in [0, 0.1) is 5.92 Å². The summed E-state index contributed by atoms with van der Waals surface area (Å²) in [6.07, 6.45) is 12.8. The predicted octanol–water partition coefficient (Wildman–Crippen LogP) is 5.34. The first-order valence-corrected chi connectivity index (χ1v) is 13.7. The number of methoxy groups -OCH3 is 1. The van der Waals surface area contributed by atoms with Gasteiger partial charge in [0.1, 0.15) is 22.4 Å². The zero-order valence-electron chi connectivity index (χ0n) is 19.8. The molecule has 0 saturated heterocycles. The summed E-state index contributed by atoms with van der Waals surface area (Å²) < 4.78 is 31.4. The van der Waals surface area contributed by atoms with E-state index in [2.05, 4.69) is 25.0 Å². The maximum absolute atomic E-state index is 11.5. The molecule has 5 rings (SSSR count). The highest BCUT2D eigenvalue weighted by Gasteiger charge is 2.41. The van der Waals surface area contributed by atoms with E-state index in [0.717, 1.165) is 79.3 Å². The summed E-state index contributed by atoms with van der Waals surface area (Å²) in [5.41, 5.74) is 2.44. The summed E-state index contributed by atoms with van der Waals surface area (Å²) in [7, 11) is 1.63. The molecule has 3 aromatic heterocycles. The van der Waals surface area contributed by atoms with Crippen LogP contribution in [0.15, 0.2) is 30.6 Å². The Morgan fingerprint density at radius 2 is 1.94 bits per heavy atom. The Hall–Kier alpha value is -2.20. The Balaban J connectivity index is 1.30. The number of halogens is 1. The van der Waals surface area contributed by atoms with Crippen LogP contribution in [0.1, 0.15) is 57.8 Å². The molecule has 2 saturated carbocycles. The van der Waals surface area contributed by atoms with Crippen molar-refractivity contribution >= 4 is 39.7 Å². The number of fused-ring (bicyclic) bond motifs is 1. The molecule has 0 amide bonds.